The molecule has 1 aliphatic heterocycles. The van der Waals surface area contributed by atoms with E-state index in [0.29, 0.717) is 5.92 Å². The molecule has 2 aromatic rings. The molecule has 160 valence electrons. The third kappa shape index (κ3) is 7.11. The molecule has 5 nitrogen and oxygen atoms in total. The average Bonchev–Trinajstić information content (AvgIpc) is 3.12. The van der Waals surface area contributed by atoms with E-state index in [2.05, 4.69) is 59.0 Å². The summed E-state index contributed by atoms with van der Waals surface area (Å²) in [5, 5.41) is 7.21. The fourth-order valence-electron chi connectivity index (χ4n) is 3.05. The molecule has 0 saturated carbocycles. The topological polar surface area (TPSA) is 67.4 Å². The van der Waals surface area contributed by atoms with Crippen LogP contribution in [0.2, 0.25) is 0 Å². The molecule has 3 rings (SSSR count). The minimum atomic E-state index is -5.20. The van der Waals surface area contributed by atoms with E-state index >= 15 is 0 Å². The van der Waals surface area contributed by atoms with Gasteiger partial charge in [0.05, 0.1) is 10.6 Å². The van der Waals surface area contributed by atoms with Crippen molar-refractivity contribution in [1.82, 2.24) is 10.6 Å². The van der Waals surface area contributed by atoms with Gasteiger partial charge in [0.25, 0.3) is 0 Å². The lowest BCUT2D eigenvalue weighted by Crippen LogP contribution is -2.55. The Labute approximate surface area is 169 Å². The van der Waals surface area contributed by atoms with Gasteiger partial charge in [-0.25, -0.2) is 0 Å². The Morgan fingerprint density at radius 1 is 0.966 bits per heavy atom. The molecule has 1 heterocycles. The Balaban J connectivity index is 0.000000208. The zero-order valence-corrected chi connectivity index (χ0v) is 17.1. The van der Waals surface area contributed by atoms with E-state index in [1.807, 2.05) is 0 Å². The summed E-state index contributed by atoms with van der Waals surface area (Å²) in [6.07, 6.45) is -4.14. The Hall–Kier alpha value is -1.94. The van der Waals surface area contributed by atoms with Gasteiger partial charge in [-0.1, -0.05) is 62.4 Å². The molecule has 0 radical (unpaired) electrons. The van der Waals surface area contributed by atoms with Crippen molar-refractivity contribution in [2.75, 3.05) is 13.1 Å². The number of hydrogen-bond acceptors (Lipinski definition) is 5. The molecule has 0 aromatic heterocycles. The van der Waals surface area contributed by atoms with Crippen LogP contribution in [0.1, 0.15) is 19.4 Å². The van der Waals surface area contributed by atoms with Crippen LogP contribution in [0, 0.1) is 5.92 Å². The number of alkyl halides is 3. The SMILES string of the molecule is CC(C)C1(Cc2ccccc2)NCCN1.O=S(=O)(OC(F)(F)F)c1ccccc1. The molecule has 0 aliphatic carbocycles. The number of halogens is 3. The molecule has 0 amide bonds. The van der Waals surface area contributed by atoms with Gasteiger partial charge in [0.1, 0.15) is 0 Å². The van der Waals surface area contributed by atoms with E-state index in [-0.39, 0.29) is 5.66 Å². The summed E-state index contributed by atoms with van der Waals surface area (Å²) in [6, 6.07) is 16.8. The number of nitrogens with one attached hydrogen (secondary N) is 2. The summed E-state index contributed by atoms with van der Waals surface area (Å²) >= 11 is 0. The third-order valence-corrected chi connectivity index (χ3v) is 5.81. The summed E-state index contributed by atoms with van der Waals surface area (Å²) in [4.78, 5) is -0.530. The van der Waals surface area contributed by atoms with Crippen molar-refractivity contribution in [1.29, 1.82) is 0 Å². The van der Waals surface area contributed by atoms with E-state index < -0.39 is 21.4 Å². The van der Waals surface area contributed by atoms with Crippen molar-refractivity contribution in [3.8, 4) is 0 Å². The first-order valence-corrected chi connectivity index (χ1v) is 10.6. The van der Waals surface area contributed by atoms with Crippen LogP contribution in [-0.2, 0) is 20.7 Å². The zero-order chi connectivity index (χ0) is 21.5. The fourth-order valence-corrected chi connectivity index (χ4v) is 3.88. The van der Waals surface area contributed by atoms with Crippen molar-refractivity contribution in [3.63, 3.8) is 0 Å². The van der Waals surface area contributed by atoms with Gasteiger partial charge in [-0.3, -0.25) is 10.6 Å². The van der Waals surface area contributed by atoms with E-state index in [4.69, 9.17) is 0 Å². The first kappa shape index (κ1) is 23.3. The molecule has 1 saturated heterocycles. The Bertz CT molecular complexity index is 852. The van der Waals surface area contributed by atoms with Crippen LogP contribution in [0.5, 0.6) is 0 Å². The van der Waals surface area contributed by atoms with Gasteiger partial charge in [-0.2, -0.15) is 12.6 Å². The van der Waals surface area contributed by atoms with E-state index in [0.717, 1.165) is 31.6 Å². The normalized spacial score (nSPS) is 16.3. The number of benzene rings is 2. The molecule has 2 aromatic carbocycles. The lowest BCUT2D eigenvalue weighted by molar-refractivity contribution is -0.271. The maximum Gasteiger partial charge on any atom is 0.537 e. The molecule has 0 bridgehead atoms. The highest BCUT2D eigenvalue weighted by Gasteiger charge is 2.37. The molecule has 1 aliphatic rings. The van der Waals surface area contributed by atoms with Crippen molar-refractivity contribution in [2.45, 2.75) is 37.2 Å². The predicted octanol–water partition coefficient (Wildman–Crippen LogP) is 3.69. The number of hydrogen-bond donors (Lipinski definition) is 2. The quantitative estimate of drug-likeness (QED) is 0.709. The minimum absolute atomic E-state index is 0.0986. The summed E-state index contributed by atoms with van der Waals surface area (Å²) < 4.78 is 59.7. The zero-order valence-electron chi connectivity index (χ0n) is 16.2. The van der Waals surface area contributed by atoms with Crippen LogP contribution < -0.4 is 10.6 Å². The monoisotopic (exact) mass is 430 g/mol. The van der Waals surface area contributed by atoms with Gasteiger partial charge >= 0.3 is 16.5 Å². The van der Waals surface area contributed by atoms with Crippen LogP contribution in [0.4, 0.5) is 13.2 Å². The van der Waals surface area contributed by atoms with E-state index in [9.17, 15) is 21.6 Å². The van der Waals surface area contributed by atoms with Crippen molar-refractivity contribution >= 4 is 10.1 Å². The average molecular weight is 430 g/mol. The highest BCUT2D eigenvalue weighted by molar-refractivity contribution is 7.86. The van der Waals surface area contributed by atoms with Crippen LogP contribution >= 0.6 is 0 Å². The van der Waals surface area contributed by atoms with Crippen LogP contribution in [0.15, 0.2) is 65.6 Å². The second-order valence-corrected chi connectivity index (χ2v) is 8.48. The molecule has 0 atom stereocenters. The first-order valence-electron chi connectivity index (χ1n) is 9.15. The lowest BCUT2D eigenvalue weighted by Gasteiger charge is -2.34. The van der Waals surface area contributed by atoms with Gasteiger partial charge < -0.3 is 0 Å². The highest BCUT2D eigenvalue weighted by atomic mass is 32.2. The Morgan fingerprint density at radius 2 is 1.45 bits per heavy atom. The second-order valence-electron chi connectivity index (χ2n) is 6.94. The molecular weight excluding hydrogens is 405 g/mol. The smallest absolute Gasteiger partial charge is 0.298 e. The Morgan fingerprint density at radius 3 is 1.90 bits per heavy atom. The van der Waals surface area contributed by atoms with Gasteiger partial charge in [0.2, 0.25) is 0 Å². The van der Waals surface area contributed by atoms with Crippen molar-refractivity contribution < 1.29 is 25.8 Å². The van der Waals surface area contributed by atoms with Crippen molar-refractivity contribution in [3.05, 3.63) is 66.2 Å². The third-order valence-electron chi connectivity index (χ3n) is 4.55. The molecule has 0 spiro atoms. The summed E-state index contributed by atoms with van der Waals surface area (Å²) in [5.41, 5.74) is 1.49. The van der Waals surface area contributed by atoms with Crippen LogP contribution in [-0.4, -0.2) is 33.5 Å². The Kier molecular flexibility index (Phi) is 7.81. The molecule has 9 heteroatoms. The van der Waals surface area contributed by atoms with E-state index in [1.54, 1.807) is 0 Å². The molecule has 0 unspecified atom stereocenters. The standard InChI is InChI=1S/C13H20N2.C7H5F3O3S/c1-11(2)13(14-8-9-15-13)10-12-6-4-3-5-7-12;8-7(9,10)13-14(11,12)6-4-2-1-3-5-6/h3-7,11,14-15H,8-10H2,1-2H3;1-5H. The van der Waals surface area contributed by atoms with Crippen LogP contribution in [0.3, 0.4) is 0 Å². The summed E-state index contributed by atoms with van der Waals surface area (Å²) in [7, 11) is -4.74. The van der Waals surface area contributed by atoms with Gasteiger partial charge in [0, 0.05) is 19.5 Å². The largest absolute Gasteiger partial charge is 0.537 e. The highest BCUT2D eigenvalue weighted by Crippen LogP contribution is 2.24. The summed E-state index contributed by atoms with van der Waals surface area (Å²) in [6.45, 7) is 6.69. The predicted molar refractivity (Wildman–Crippen MR) is 104 cm³/mol. The maximum absolute atomic E-state index is 11.6. The number of rotatable bonds is 5. The fraction of sp³-hybridized carbons (Fsp3) is 0.400. The second kappa shape index (κ2) is 9.71. The summed E-state index contributed by atoms with van der Waals surface area (Å²) in [5.74, 6) is 0.597. The molecule has 2 N–H and O–H groups in total. The molecular formula is C20H25F3N2O3S. The first-order chi connectivity index (χ1) is 13.5. The minimum Gasteiger partial charge on any atom is -0.298 e. The maximum atomic E-state index is 11.6. The van der Waals surface area contributed by atoms with Gasteiger partial charge in [0.15, 0.2) is 0 Å². The van der Waals surface area contributed by atoms with Gasteiger partial charge in [-0.05, 0) is 23.6 Å². The molecule has 29 heavy (non-hydrogen) atoms. The van der Waals surface area contributed by atoms with Crippen molar-refractivity contribution in [2.24, 2.45) is 5.92 Å². The van der Waals surface area contributed by atoms with E-state index in [1.165, 1.54) is 23.8 Å². The molecule has 1 fully saturated rings. The van der Waals surface area contributed by atoms with Gasteiger partial charge in [-0.15, -0.1) is 13.2 Å². The van der Waals surface area contributed by atoms with Crippen LogP contribution in [0.25, 0.3) is 0 Å². The lowest BCUT2D eigenvalue weighted by atomic mass is 9.90.